The van der Waals surface area contributed by atoms with Gasteiger partial charge in [-0.05, 0) is 12.4 Å². The Morgan fingerprint density at radius 2 is 2.62 bits per heavy atom. The van der Waals surface area contributed by atoms with Gasteiger partial charge >= 0.3 is 0 Å². The summed E-state index contributed by atoms with van der Waals surface area (Å²) in [7, 11) is 0. The number of rotatable bonds is 0. The molecule has 5 nitrogen and oxygen atoms in total. The molecule has 0 aromatic carbocycles. The maximum Gasteiger partial charge on any atom is 0.0633 e. The first kappa shape index (κ1) is 3.59. The fourth-order valence-corrected chi connectivity index (χ4v) is 0.534. The van der Waals surface area contributed by atoms with E-state index in [1.54, 1.807) is 12.4 Å². The van der Waals surface area contributed by atoms with Crippen molar-refractivity contribution >= 4 is 5.78 Å². The molecular formula is C3H2N5-. The summed E-state index contributed by atoms with van der Waals surface area (Å²) in [6.45, 7) is 0. The van der Waals surface area contributed by atoms with Gasteiger partial charge in [0.1, 0.15) is 0 Å². The zero-order valence-electron chi connectivity index (χ0n) is 3.89. The fraction of sp³-hybridized carbons (Fsp3) is 0. The van der Waals surface area contributed by atoms with Crippen molar-refractivity contribution in [3.8, 4) is 0 Å². The number of aromatic nitrogens is 5. The largest absolute Gasteiger partial charge is 0.364 e. The molecule has 0 aliphatic rings. The first-order chi connectivity index (χ1) is 3.97. The lowest BCUT2D eigenvalue weighted by Gasteiger charge is -1.78. The van der Waals surface area contributed by atoms with Gasteiger partial charge in [0.15, 0.2) is 0 Å². The number of imidazole rings is 1. The molecule has 0 saturated carbocycles. The topological polar surface area (TPSA) is 57.2 Å². The average Bonchev–Trinajstić information content (AvgIpc) is 2.15. The summed E-state index contributed by atoms with van der Waals surface area (Å²) in [5.41, 5.74) is 0. The van der Waals surface area contributed by atoms with Gasteiger partial charge in [-0.1, -0.05) is 0 Å². The van der Waals surface area contributed by atoms with Crippen molar-refractivity contribution in [1.82, 2.24) is 25.0 Å². The molecule has 0 fully saturated rings. The molecule has 8 heavy (non-hydrogen) atoms. The second-order valence-corrected chi connectivity index (χ2v) is 1.35. The van der Waals surface area contributed by atoms with Gasteiger partial charge in [-0.25, -0.2) is 0 Å². The van der Waals surface area contributed by atoms with Gasteiger partial charge < -0.3 is 4.98 Å². The molecule has 40 valence electrons. The lowest BCUT2D eigenvalue weighted by Crippen LogP contribution is -1.78. The number of nitrogens with zero attached hydrogens (tertiary/aromatic N) is 5. The zero-order valence-corrected chi connectivity index (χ0v) is 3.89. The van der Waals surface area contributed by atoms with E-state index in [9.17, 15) is 0 Å². The quantitative estimate of drug-likeness (QED) is 0.438. The van der Waals surface area contributed by atoms with E-state index >= 15 is 0 Å². The second kappa shape index (κ2) is 1.06. The molecule has 0 unspecified atom stereocenters. The molecule has 2 heterocycles. The van der Waals surface area contributed by atoms with Crippen LogP contribution in [0.1, 0.15) is 0 Å². The van der Waals surface area contributed by atoms with Gasteiger partial charge in [0.05, 0.1) is 5.78 Å². The van der Waals surface area contributed by atoms with Crippen LogP contribution in [0.25, 0.3) is 5.78 Å². The van der Waals surface area contributed by atoms with E-state index in [1.165, 1.54) is 4.52 Å². The first-order valence-electron chi connectivity index (χ1n) is 2.12. The summed E-state index contributed by atoms with van der Waals surface area (Å²) in [5.74, 6) is 0.546. The molecule has 2 aromatic rings. The Morgan fingerprint density at radius 1 is 1.62 bits per heavy atom. The summed E-state index contributed by atoms with van der Waals surface area (Å²) in [4.78, 5) is 3.81. The molecule has 0 atom stereocenters. The Balaban J connectivity index is 3.06. The van der Waals surface area contributed by atoms with Crippen LogP contribution in [-0.4, -0.2) is 20.0 Å². The molecule has 2 aromatic heterocycles. The maximum atomic E-state index is 3.81. The molecule has 0 saturated heterocycles. The molecule has 0 N–H and O–H groups in total. The third kappa shape index (κ3) is 0.281. The summed E-state index contributed by atoms with van der Waals surface area (Å²) >= 11 is 0. The Bertz CT molecular complexity index is 229. The molecule has 0 aliphatic carbocycles. The van der Waals surface area contributed by atoms with Crippen LogP contribution < -0.4 is 4.98 Å². The number of hydrogen-bond donors (Lipinski definition) is 0. The third-order valence-corrected chi connectivity index (χ3v) is 0.873. The summed E-state index contributed by atoms with van der Waals surface area (Å²) in [5, 5.41) is 10.5. The Hall–Kier alpha value is -1.39. The van der Waals surface area contributed by atoms with Crippen molar-refractivity contribution in [3.05, 3.63) is 12.4 Å². The SMILES string of the molecule is c1cn2nnnc2[n-]1. The zero-order chi connectivity index (χ0) is 5.40. The minimum absolute atomic E-state index is 0.546. The fourth-order valence-electron chi connectivity index (χ4n) is 0.534. The highest BCUT2D eigenvalue weighted by atomic mass is 15.5. The highest BCUT2D eigenvalue weighted by molar-refractivity contribution is 5.20. The molecule has 2 rings (SSSR count). The van der Waals surface area contributed by atoms with Crippen molar-refractivity contribution in [1.29, 1.82) is 0 Å². The molecule has 0 amide bonds. The molecule has 5 heteroatoms. The minimum atomic E-state index is 0.546. The molecule has 0 aliphatic heterocycles. The maximum absolute atomic E-state index is 3.81. The van der Waals surface area contributed by atoms with Gasteiger partial charge in [0.2, 0.25) is 0 Å². The molecular weight excluding hydrogens is 106 g/mol. The Kier molecular flexibility index (Phi) is 0.476. The van der Waals surface area contributed by atoms with Crippen molar-refractivity contribution in [3.63, 3.8) is 0 Å². The van der Waals surface area contributed by atoms with Crippen LogP contribution in [-0.2, 0) is 0 Å². The van der Waals surface area contributed by atoms with Crippen LogP contribution in [0.4, 0.5) is 0 Å². The first-order valence-corrected chi connectivity index (χ1v) is 2.12. The smallest absolute Gasteiger partial charge is 0.0633 e. The number of tetrazole rings is 1. The van der Waals surface area contributed by atoms with E-state index in [-0.39, 0.29) is 0 Å². The minimum Gasteiger partial charge on any atom is -0.364 e. The predicted molar refractivity (Wildman–Crippen MR) is 24.1 cm³/mol. The Morgan fingerprint density at radius 3 is 3.50 bits per heavy atom. The van der Waals surface area contributed by atoms with Crippen LogP contribution in [0.3, 0.4) is 0 Å². The van der Waals surface area contributed by atoms with Gasteiger partial charge in [-0.2, -0.15) is 0 Å². The van der Waals surface area contributed by atoms with Crippen LogP contribution in [0.5, 0.6) is 0 Å². The highest BCUT2D eigenvalue weighted by Gasteiger charge is 1.79. The van der Waals surface area contributed by atoms with Crippen LogP contribution in [0.15, 0.2) is 12.4 Å². The van der Waals surface area contributed by atoms with Crippen LogP contribution in [0, 0.1) is 0 Å². The average molecular weight is 108 g/mol. The van der Waals surface area contributed by atoms with E-state index in [0.717, 1.165) is 0 Å². The lowest BCUT2D eigenvalue weighted by molar-refractivity contribution is 0.826. The highest BCUT2D eigenvalue weighted by Crippen LogP contribution is 1.84. The third-order valence-electron chi connectivity index (χ3n) is 0.873. The van der Waals surface area contributed by atoms with Gasteiger partial charge in [0, 0.05) is 0 Å². The van der Waals surface area contributed by atoms with E-state index < -0.39 is 0 Å². The summed E-state index contributed by atoms with van der Waals surface area (Å²) in [6, 6.07) is 0. The van der Waals surface area contributed by atoms with E-state index in [2.05, 4.69) is 20.5 Å². The van der Waals surface area contributed by atoms with E-state index in [0.29, 0.717) is 5.78 Å². The predicted octanol–water partition coefficient (Wildman–Crippen LogP) is -0.919. The van der Waals surface area contributed by atoms with Crippen LogP contribution >= 0.6 is 0 Å². The van der Waals surface area contributed by atoms with Crippen molar-refractivity contribution in [2.45, 2.75) is 0 Å². The van der Waals surface area contributed by atoms with Gasteiger partial charge in [-0.15, -0.1) is 10.4 Å². The van der Waals surface area contributed by atoms with E-state index in [1.807, 2.05) is 0 Å². The van der Waals surface area contributed by atoms with Gasteiger partial charge in [0.25, 0.3) is 0 Å². The molecule has 0 bridgehead atoms. The monoisotopic (exact) mass is 108 g/mol. The van der Waals surface area contributed by atoms with Gasteiger partial charge in [-0.3, -0.25) is 9.61 Å². The van der Waals surface area contributed by atoms with Crippen molar-refractivity contribution < 1.29 is 0 Å². The van der Waals surface area contributed by atoms with E-state index in [4.69, 9.17) is 0 Å². The molecule has 0 radical (unpaired) electrons. The normalized spacial score (nSPS) is 10.5. The Labute approximate surface area is 44.3 Å². The van der Waals surface area contributed by atoms with Crippen LogP contribution in [0.2, 0.25) is 0 Å². The van der Waals surface area contributed by atoms with Crippen molar-refractivity contribution in [2.24, 2.45) is 0 Å². The molecule has 0 spiro atoms. The summed E-state index contributed by atoms with van der Waals surface area (Å²) < 4.78 is 1.50. The summed E-state index contributed by atoms with van der Waals surface area (Å²) in [6.07, 6.45) is 3.31. The van der Waals surface area contributed by atoms with Crippen molar-refractivity contribution in [2.75, 3.05) is 0 Å². The lowest BCUT2D eigenvalue weighted by atomic mass is 11.0. The second-order valence-electron chi connectivity index (χ2n) is 1.35. The number of hydrogen-bond acceptors (Lipinski definition) is 3. The number of fused-ring (bicyclic) bond motifs is 1. The standard InChI is InChI=1S/C3H2N5/c1-2-8-3(4-1)5-6-7-8/h1-2H/q-1.